The molecule has 21 heavy (non-hydrogen) atoms. The van der Waals surface area contributed by atoms with Gasteiger partial charge >= 0.3 is 0 Å². The fourth-order valence-corrected chi connectivity index (χ4v) is 4.36. The Kier molecular flexibility index (Phi) is 4.69. The van der Waals surface area contributed by atoms with Crippen LogP contribution in [0.15, 0.2) is 4.47 Å². The Morgan fingerprint density at radius 2 is 2.00 bits per heavy atom. The molecule has 3 aliphatic rings. The number of aromatic nitrogens is 2. The molecule has 3 aliphatic heterocycles. The Morgan fingerprint density at radius 3 is 2.52 bits per heavy atom. The van der Waals surface area contributed by atoms with E-state index in [1.54, 1.807) is 0 Å². The first-order valence-electron chi connectivity index (χ1n) is 8.10. The molecule has 2 N–H and O–H groups in total. The molecular formula is C15H26BrN5. The van der Waals surface area contributed by atoms with Crippen LogP contribution in [0.5, 0.6) is 0 Å². The van der Waals surface area contributed by atoms with Crippen LogP contribution >= 0.6 is 15.9 Å². The van der Waals surface area contributed by atoms with Crippen LogP contribution in [-0.4, -0.2) is 64.4 Å². The van der Waals surface area contributed by atoms with E-state index >= 15 is 0 Å². The van der Waals surface area contributed by atoms with E-state index in [0.29, 0.717) is 6.04 Å². The predicted molar refractivity (Wildman–Crippen MR) is 88.5 cm³/mol. The molecule has 3 fully saturated rings. The lowest BCUT2D eigenvalue weighted by Gasteiger charge is -2.49. The molecule has 4 rings (SSSR count). The van der Waals surface area contributed by atoms with E-state index < -0.39 is 0 Å². The fraction of sp³-hybridized carbons (Fsp3) is 0.800. The van der Waals surface area contributed by atoms with Gasteiger partial charge in [0.2, 0.25) is 0 Å². The van der Waals surface area contributed by atoms with Gasteiger partial charge in [-0.1, -0.05) is 6.92 Å². The minimum absolute atomic E-state index is 0.177. The van der Waals surface area contributed by atoms with Crippen molar-refractivity contribution in [3.05, 3.63) is 15.9 Å². The molecule has 1 aromatic rings. The molecule has 0 aromatic carbocycles. The topological polar surface area (TPSA) is 50.3 Å². The van der Waals surface area contributed by atoms with E-state index in [9.17, 15) is 0 Å². The highest BCUT2D eigenvalue weighted by Crippen LogP contribution is 2.26. The molecule has 0 amide bonds. The third-order valence-electron chi connectivity index (χ3n) is 4.94. The minimum Gasteiger partial charge on any atom is -0.326 e. The van der Waals surface area contributed by atoms with Crippen molar-refractivity contribution in [2.24, 2.45) is 5.73 Å². The molecular weight excluding hydrogens is 330 g/mol. The standard InChI is InChI=1S/C15H26BrN5/c1-3-12-15(16)13(21(4-2)18-12)9-11(17)14-10-19-5-7-20(14)8-6-19/h11,14H,3-10,17H2,1-2H3. The van der Waals surface area contributed by atoms with E-state index in [2.05, 4.69) is 49.4 Å². The van der Waals surface area contributed by atoms with Gasteiger partial charge in [0, 0.05) is 57.8 Å². The van der Waals surface area contributed by atoms with Crippen LogP contribution in [0.3, 0.4) is 0 Å². The zero-order valence-electron chi connectivity index (χ0n) is 13.1. The molecule has 0 spiro atoms. The molecule has 5 nitrogen and oxygen atoms in total. The number of hydrogen-bond donors (Lipinski definition) is 1. The zero-order chi connectivity index (χ0) is 15.0. The molecule has 3 saturated heterocycles. The highest BCUT2D eigenvalue weighted by atomic mass is 79.9. The number of aryl methyl sites for hydroxylation is 2. The normalized spacial score (nSPS) is 29.8. The van der Waals surface area contributed by atoms with Crippen LogP contribution in [0.2, 0.25) is 0 Å². The third kappa shape index (κ3) is 2.91. The van der Waals surface area contributed by atoms with Crippen molar-refractivity contribution in [2.75, 3.05) is 32.7 Å². The highest BCUT2D eigenvalue weighted by molar-refractivity contribution is 9.10. The van der Waals surface area contributed by atoms with E-state index in [-0.39, 0.29) is 6.04 Å². The maximum Gasteiger partial charge on any atom is 0.0766 e. The number of fused-ring (bicyclic) bond motifs is 3. The summed E-state index contributed by atoms with van der Waals surface area (Å²) in [6, 6.07) is 0.667. The fourth-order valence-electron chi connectivity index (χ4n) is 3.64. The van der Waals surface area contributed by atoms with E-state index in [1.807, 2.05) is 0 Å². The van der Waals surface area contributed by atoms with Gasteiger partial charge in [-0.05, 0) is 29.3 Å². The summed E-state index contributed by atoms with van der Waals surface area (Å²) in [6.45, 7) is 11.1. The molecule has 6 heteroatoms. The quantitative estimate of drug-likeness (QED) is 0.859. The number of rotatable bonds is 5. The number of nitrogens with zero attached hydrogens (tertiary/aromatic N) is 4. The average Bonchev–Trinajstić information content (AvgIpc) is 2.84. The van der Waals surface area contributed by atoms with E-state index in [4.69, 9.17) is 5.73 Å². The average molecular weight is 356 g/mol. The van der Waals surface area contributed by atoms with Crippen LogP contribution in [-0.2, 0) is 19.4 Å². The van der Waals surface area contributed by atoms with Crippen LogP contribution in [0.25, 0.3) is 0 Å². The Bertz CT molecular complexity index is 492. The SMILES string of the molecule is CCc1nn(CC)c(CC(N)C2CN3CCN2CC3)c1Br. The zero-order valence-corrected chi connectivity index (χ0v) is 14.6. The monoisotopic (exact) mass is 355 g/mol. The van der Waals surface area contributed by atoms with Crippen LogP contribution in [0, 0.1) is 0 Å². The van der Waals surface area contributed by atoms with Gasteiger partial charge in [0.1, 0.15) is 0 Å². The van der Waals surface area contributed by atoms with Crippen molar-refractivity contribution in [1.29, 1.82) is 0 Å². The van der Waals surface area contributed by atoms with Crippen molar-refractivity contribution in [2.45, 2.75) is 45.3 Å². The second kappa shape index (κ2) is 6.36. The Balaban J connectivity index is 1.75. The van der Waals surface area contributed by atoms with Gasteiger partial charge in [0.05, 0.1) is 15.9 Å². The largest absolute Gasteiger partial charge is 0.326 e. The summed E-state index contributed by atoms with van der Waals surface area (Å²) in [5.74, 6) is 0. The first-order chi connectivity index (χ1) is 10.1. The smallest absolute Gasteiger partial charge is 0.0766 e. The van der Waals surface area contributed by atoms with E-state index in [1.165, 1.54) is 36.3 Å². The third-order valence-corrected chi connectivity index (χ3v) is 5.85. The highest BCUT2D eigenvalue weighted by Gasteiger charge is 2.35. The summed E-state index contributed by atoms with van der Waals surface area (Å²) in [4.78, 5) is 5.13. The van der Waals surface area contributed by atoms with Gasteiger partial charge in [0.25, 0.3) is 0 Å². The summed E-state index contributed by atoms with van der Waals surface area (Å²) in [5.41, 5.74) is 8.99. The van der Waals surface area contributed by atoms with Gasteiger partial charge < -0.3 is 5.73 Å². The van der Waals surface area contributed by atoms with Gasteiger partial charge in [0.15, 0.2) is 0 Å². The summed E-state index contributed by atoms with van der Waals surface area (Å²) >= 11 is 3.73. The minimum atomic E-state index is 0.177. The van der Waals surface area contributed by atoms with Crippen molar-refractivity contribution in [3.8, 4) is 0 Å². The van der Waals surface area contributed by atoms with Gasteiger partial charge in [-0.25, -0.2) is 0 Å². The summed E-state index contributed by atoms with van der Waals surface area (Å²) in [7, 11) is 0. The molecule has 1 aromatic heterocycles. The second-order valence-corrected chi connectivity index (χ2v) is 6.94. The lowest BCUT2D eigenvalue weighted by Crippen LogP contribution is -2.66. The van der Waals surface area contributed by atoms with Crippen LogP contribution < -0.4 is 5.73 Å². The van der Waals surface area contributed by atoms with Crippen LogP contribution in [0.1, 0.15) is 25.2 Å². The number of piperazine rings is 3. The molecule has 118 valence electrons. The predicted octanol–water partition coefficient (Wildman–Crippen LogP) is 1.10. The van der Waals surface area contributed by atoms with Gasteiger partial charge in [-0.15, -0.1) is 0 Å². The molecule has 2 bridgehead atoms. The number of halogens is 1. The first-order valence-corrected chi connectivity index (χ1v) is 8.89. The maximum atomic E-state index is 6.58. The van der Waals surface area contributed by atoms with Gasteiger partial charge in [-0.2, -0.15) is 5.10 Å². The van der Waals surface area contributed by atoms with Crippen molar-refractivity contribution < 1.29 is 0 Å². The molecule has 0 radical (unpaired) electrons. The summed E-state index contributed by atoms with van der Waals surface area (Å²) in [6.07, 6.45) is 1.86. The molecule has 0 aliphatic carbocycles. The first kappa shape index (κ1) is 15.5. The molecule has 2 atom stereocenters. The molecule has 4 heterocycles. The lowest BCUT2D eigenvalue weighted by atomic mass is 9.97. The second-order valence-electron chi connectivity index (χ2n) is 6.15. The van der Waals surface area contributed by atoms with E-state index in [0.717, 1.165) is 31.6 Å². The Labute approximate surface area is 135 Å². The van der Waals surface area contributed by atoms with Gasteiger partial charge in [-0.3, -0.25) is 14.5 Å². The number of nitrogens with two attached hydrogens (primary N) is 1. The summed E-state index contributed by atoms with van der Waals surface area (Å²) < 4.78 is 3.28. The summed E-state index contributed by atoms with van der Waals surface area (Å²) in [5, 5.41) is 4.68. The lowest BCUT2D eigenvalue weighted by molar-refractivity contribution is 0.00233. The van der Waals surface area contributed by atoms with Crippen molar-refractivity contribution >= 4 is 15.9 Å². The molecule has 2 unspecified atom stereocenters. The molecule has 0 saturated carbocycles. The maximum absolute atomic E-state index is 6.58. The number of hydrogen-bond acceptors (Lipinski definition) is 4. The van der Waals surface area contributed by atoms with Crippen LogP contribution in [0.4, 0.5) is 0 Å². The van der Waals surface area contributed by atoms with Crippen molar-refractivity contribution in [3.63, 3.8) is 0 Å². The Hall–Kier alpha value is -0.430. The van der Waals surface area contributed by atoms with Crippen molar-refractivity contribution in [1.82, 2.24) is 19.6 Å². The Morgan fingerprint density at radius 1 is 1.29 bits per heavy atom.